The van der Waals surface area contributed by atoms with Gasteiger partial charge in [0.1, 0.15) is 12.2 Å². The molecule has 0 unspecified atom stereocenters. The molecule has 3 heterocycles. The first-order valence-electron chi connectivity index (χ1n) is 8.79. The van der Waals surface area contributed by atoms with E-state index >= 15 is 0 Å². The van der Waals surface area contributed by atoms with Gasteiger partial charge in [-0.2, -0.15) is 23.3 Å². The molecule has 0 aliphatic heterocycles. The van der Waals surface area contributed by atoms with Crippen LogP contribution in [0.25, 0.3) is 11.0 Å². The Hall–Kier alpha value is -3.83. The molecular formula is C18H17F3N8O. The van der Waals surface area contributed by atoms with Crippen molar-refractivity contribution in [3.8, 4) is 5.88 Å². The van der Waals surface area contributed by atoms with Gasteiger partial charge < -0.3 is 15.8 Å². The number of nitrogens with one attached hydrogen (secondary N) is 1. The summed E-state index contributed by atoms with van der Waals surface area (Å²) in [6.07, 6.45) is -0.0351. The Labute approximate surface area is 168 Å². The number of methoxy groups -OCH3 is 1. The van der Waals surface area contributed by atoms with Gasteiger partial charge in [-0.25, -0.2) is 9.67 Å². The standard InChI is InChI=1S/C18H17F3N8O/c1-30-16-14(9-28(27-16)10-18(19,20)21)25-17-23-6-12-7-24-29(15(12)26-17)8-11-4-2-3-5-13(11)22/h2-7,9H,8,10,22H2,1H3,(H,23,25,26). The second-order valence-corrected chi connectivity index (χ2v) is 6.46. The minimum absolute atomic E-state index is 0.00601. The monoisotopic (exact) mass is 418 g/mol. The number of alkyl halides is 3. The summed E-state index contributed by atoms with van der Waals surface area (Å²) in [5.74, 6) is 0.156. The maximum Gasteiger partial charge on any atom is 0.408 e. The lowest BCUT2D eigenvalue weighted by Gasteiger charge is -2.07. The Bertz CT molecular complexity index is 1180. The van der Waals surface area contributed by atoms with Crippen LogP contribution in [0.5, 0.6) is 5.88 Å². The van der Waals surface area contributed by atoms with Crippen molar-refractivity contribution in [1.82, 2.24) is 29.5 Å². The molecule has 0 atom stereocenters. The van der Waals surface area contributed by atoms with Crippen molar-refractivity contribution in [2.75, 3.05) is 18.2 Å². The Morgan fingerprint density at radius 1 is 1.20 bits per heavy atom. The molecule has 9 nitrogen and oxygen atoms in total. The molecule has 12 heteroatoms. The van der Waals surface area contributed by atoms with Gasteiger partial charge in [-0.15, -0.1) is 5.10 Å². The molecule has 1 aromatic carbocycles. The normalized spacial score (nSPS) is 11.7. The smallest absolute Gasteiger partial charge is 0.408 e. The molecule has 0 fully saturated rings. The first kappa shape index (κ1) is 19.5. The Morgan fingerprint density at radius 3 is 2.73 bits per heavy atom. The molecule has 30 heavy (non-hydrogen) atoms. The van der Waals surface area contributed by atoms with E-state index in [9.17, 15) is 13.2 Å². The number of fused-ring (bicyclic) bond motifs is 1. The van der Waals surface area contributed by atoms with Crippen molar-refractivity contribution < 1.29 is 17.9 Å². The molecule has 0 saturated heterocycles. The highest BCUT2D eigenvalue weighted by Crippen LogP contribution is 2.27. The van der Waals surface area contributed by atoms with Crippen LogP contribution in [0, 0.1) is 0 Å². The number of nitrogens with two attached hydrogens (primary N) is 1. The Kier molecular flexibility index (Phi) is 4.90. The number of nitrogens with zero attached hydrogens (tertiary/aromatic N) is 6. The largest absolute Gasteiger partial charge is 0.478 e. The lowest BCUT2D eigenvalue weighted by atomic mass is 10.2. The summed E-state index contributed by atoms with van der Waals surface area (Å²) in [4.78, 5) is 8.62. The molecule has 4 rings (SSSR count). The summed E-state index contributed by atoms with van der Waals surface area (Å²) >= 11 is 0. The number of para-hydroxylation sites is 1. The fourth-order valence-electron chi connectivity index (χ4n) is 2.91. The summed E-state index contributed by atoms with van der Waals surface area (Å²) in [5, 5.41) is 11.6. The van der Waals surface area contributed by atoms with E-state index in [0.717, 1.165) is 10.2 Å². The molecule has 0 saturated carbocycles. The van der Waals surface area contributed by atoms with Crippen molar-refractivity contribution in [3.63, 3.8) is 0 Å². The maximum atomic E-state index is 12.6. The van der Waals surface area contributed by atoms with Gasteiger partial charge >= 0.3 is 6.18 Å². The minimum atomic E-state index is -4.41. The molecule has 0 bridgehead atoms. The number of hydrogen-bond donors (Lipinski definition) is 2. The molecule has 3 aromatic heterocycles. The summed E-state index contributed by atoms with van der Waals surface area (Å²) in [6.45, 7) is -0.838. The van der Waals surface area contributed by atoms with Gasteiger partial charge in [-0.1, -0.05) is 18.2 Å². The fraction of sp³-hybridized carbons (Fsp3) is 0.222. The van der Waals surface area contributed by atoms with E-state index in [2.05, 4.69) is 25.5 Å². The SMILES string of the molecule is COc1nn(CC(F)(F)F)cc1Nc1ncc2cnn(Cc3ccccc3N)c2n1. The van der Waals surface area contributed by atoms with E-state index < -0.39 is 12.7 Å². The zero-order chi connectivity index (χ0) is 21.3. The van der Waals surface area contributed by atoms with Crippen LogP contribution in [0.15, 0.2) is 42.9 Å². The summed E-state index contributed by atoms with van der Waals surface area (Å²) in [5.41, 5.74) is 8.26. The van der Waals surface area contributed by atoms with Gasteiger partial charge in [0.2, 0.25) is 5.95 Å². The summed E-state index contributed by atoms with van der Waals surface area (Å²) < 4.78 is 45.4. The third kappa shape index (κ3) is 4.11. The number of halogens is 3. The minimum Gasteiger partial charge on any atom is -0.478 e. The van der Waals surface area contributed by atoms with E-state index in [4.69, 9.17) is 10.5 Å². The molecule has 0 amide bonds. The molecule has 0 radical (unpaired) electrons. The lowest BCUT2D eigenvalue weighted by molar-refractivity contribution is -0.142. The van der Waals surface area contributed by atoms with Gasteiger partial charge in [-0.05, 0) is 11.6 Å². The van der Waals surface area contributed by atoms with Crippen molar-refractivity contribution in [2.45, 2.75) is 19.3 Å². The highest BCUT2D eigenvalue weighted by atomic mass is 19.4. The van der Waals surface area contributed by atoms with Crippen LogP contribution in [-0.2, 0) is 13.1 Å². The lowest BCUT2D eigenvalue weighted by Crippen LogP contribution is -2.17. The predicted molar refractivity (Wildman–Crippen MR) is 103 cm³/mol. The number of ether oxygens (including phenoxy) is 1. The van der Waals surface area contributed by atoms with Crippen LogP contribution in [0.4, 0.5) is 30.5 Å². The summed E-state index contributed by atoms with van der Waals surface area (Å²) in [6, 6.07) is 7.41. The highest BCUT2D eigenvalue weighted by Gasteiger charge is 2.29. The third-order valence-corrected chi connectivity index (χ3v) is 4.26. The first-order chi connectivity index (χ1) is 14.3. The Morgan fingerprint density at radius 2 is 2.00 bits per heavy atom. The van der Waals surface area contributed by atoms with Gasteiger partial charge in [-0.3, -0.25) is 4.68 Å². The van der Waals surface area contributed by atoms with Crippen LogP contribution in [0.1, 0.15) is 5.56 Å². The number of anilines is 3. The molecular weight excluding hydrogens is 401 g/mol. The van der Waals surface area contributed by atoms with Crippen molar-refractivity contribution in [1.29, 1.82) is 0 Å². The quantitative estimate of drug-likeness (QED) is 0.464. The average molecular weight is 418 g/mol. The topological polar surface area (TPSA) is 109 Å². The van der Waals surface area contributed by atoms with Crippen molar-refractivity contribution in [2.24, 2.45) is 0 Å². The summed E-state index contributed by atoms with van der Waals surface area (Å²) in [7, 11) is 1.31. The molecule has 0 spiro atoms. The van der Waals surface area contributed by atoms with E-state index in [1.165, 1.54) is 13.3 Å². The van der Waals surface area contributed by atoms with Crippen LogP contribution < -0.4 is 15.8 Å². The third-order valence-electron chi connectivity index (χ3n) is 4.26. The van der Waals surface area contributed by atoms with Crippen LogP contribution in [-0.4, -0.2) is 42.8 Å². The van der Waals surface area contributed by atoms with E-state index in [-0.39, 0.29) is 17.5 Å². The molecule has 3 N–H and O–H groups in total. The van der Waals surface area contributed by atoms with Crippen LogP contribution in [0.2, 0.25) is 0 Å². The van der Waals surface area contributed by atoms with Gasteiger partial charge in [0.15, 0.2) is 5.65 Å². The number of aromatic nitrogens is 6. The van der Waals surface area contributed by atoms with Crippen molar-refractivity contribution in [3.05, 3.63) is 48.4 Å². The fourth-order valence-corrected chi connectivity index (χ4v) is 2.91. The zero-order valence-electron chi connectivity index (χ0n) is 15.8. The van der Waals surface area contributed by atoms with E-state index in [1.807, 2.05) is 18.2 Å². The highest BCUT2D eigenvalue weighted by molar-refractivity contribution is 5.75. The average Bonchev–Trinajstić information content (AvgIpc) is 3.25. The zero-order valence-corrected chi connectivity index (χ0v) is 15.8. The van der Waals surface area contributed by atoms with Gasteiger partial charge in [0.25, 0.3) is 5.88 Å². The van der Waals surface area contributed by atoms with Crippen LogP contribution >= 0.6 is 0 Å². The molecule has 156 valence electrons. The second kappa shape index (κ2) is 7.54. The molecule has 0 aliphatic carbocycles. The van der Waals surface area contributed by atoms with Gasteiger partial charge in [0.05, 0.1) is 31.4 Å². The van der Waals surface area contributed by atoms with Gasteiger partial charge in [0, 0.05) is 11.9 Å². The first-order valence-corrected chi connectivity index (χ1v) is 8.79. The number of nitrogen functional groups attached to an aromatic ring is 1. The molecule has 4 aromatic rings. The number of rotatable bonds is 6. The second-order valence-electron chi connectivity index (χ2n) is 6.46. The van der Waals surface area contributed by atoms with E-state index in [1.54, 1.807) is 23.1 Å². The van der Waals surface area contributed by atoms with Crippen LogP contribution in [0.3, 0.4) is 0 Å². The Balaban J connectivity index is 1.62. The number of hydrogen-bond acceptors (Lipinski definition) is 7. The predicted octanol–water partition coefficient (Wildman–Crippen LogP) is 2.97. The van der Waals surface area contributed by atoms with E-state index in [0.29, 0.717) is 23.3 Å². The number of benzene rings is 1. The molecule has 0 aliphatic rings. The maximum absolute atomic E-state index is 12.6. The van der Waals surface area contributed by atoms with Crippen molar-refractivity contribution >= 4 is 28.4 Å².